The SMILES string of the molecule is CC(F)CN(C)C(C)C.CC=O.Cc1ccc(Cc2nncnc2N2CC3(CC(Cc4ccnc5c4CN(CCCN4CC6(CCCO6)C4)CC5)C3)C2)cc1. The third-order valence-electron chi connectivity index (χ3n) is 12.3. The van der Waals surface area contributed by atoms with E-state index in [1.807, 2.05) is 11.9 Å². The van der Waals surface area contributed by atoms with Crippen LogP contribution in [0.2, 0.25) is 0 Å². The van der Waals surface area contributed by atoms with Gasteiger partial charge in [-0.1, -0.05) is 29.8 Å². The van der Waals surface area contributed by atoms with Crippen LogP contribution in [0.1, 0.15) is 93.4 Å². The predicted octanol–water partition coefficient (Wildman–Crippen LogP) is 6.13. The lowest BCUT2D eigenvalue weighted by Gasteiger charge is -2.60. The number of carbonyl (C=O) groups excluding carboxylic acids is 1. The minimum Gasteiger partial charge on any atom is -0.372 e. The molecule has 6 heterocycles. The summed E-state index contributed by atoms with van der Waals surface area (Å²) < 4.78 is 18.3. The quantitative estimate of drug-likeness (QED) is 0.201. The van der Waals surface area contributed by atoms with Gasteiger partial charge in [-0.2, -0.15) is 0 Å². The molecule has 2 aromatic heterocycles. The van der Waals surface area contributed by atoms with Gasteiger partial charge in [-0.15, -0.1) is 10.2 Å². The van der Waals surface area contributed by atoms with Crippen molar-refractivity contribution < 1.29 is 13.9 Å². The van der Waals surface area contributed by atoms with Crippen LogP contribution in [0.15, 0.2) is 42.9 Å². The van der Waals surface area contributed by atoms with E-state index in [1.165, 1.54) is 80.9 Å². The van der Waals surface area contributed by atoms with Gasteiger partial charge in [0.25, 0.3) is 0 Å². The first kappa shape index (κ1) is 41.3. The van der Waals surface area contributed by atoms with E-state index in [-0.39, 0.29) is 5.60 Å². The van der Waals surface area contributed by atoms with Crippen molar-refractivity contribution >= 4 is 12.1 Å². The van der Waals surface area contributed by atoms with Gasteiger partial charge in [0.1, 0.15) is 24.5 Å². The number of aryl methyl sites for hydroxylation is 1. The van der Waals surface area contributed by atoms with Gasteiger partial charge < -0.3 is 19.3 Å². The maximum absolute atomic E-state index is 12.3. The molecule has 3 aromatic rings. The molecule has 0 radical (unpaired) electrons. The lowest BCUT2D eigenvalue weighted by atomic mass is 9.56. The smallest absolute Gasteiger partial charge is 0.154 e. The second-order valence-electron chi connectivity index (χ2n) is 17.4. The zero-order chi connectivity index (χ0) is 39.0. The van der Waals surface area contributed by atoms with E-state index >= 15 is 0 Å². The lowest BCUT2D eigenvalue weighted by Crippen LogP contribution is -2.63. The number of anilines is 1. The number of halogens is 1. The molecule has 8 rings (SSSR count). The van der Waals surface area contributed by atoms with Gasteiger partial charge in [-0.3, -0.25) is 14.8 Å². The van der Waals surface area contributed by atoms with E-state index in [2.05, 4.69) is 87.2 Å². The van der Waals surface area contributed by atoms with E-state index < -0.39 is 6.17 Å². The number of pyridine rings is 1. The van der Waals surface area contributed by atoms with Gasteiger partial charge in [0.05, 0.1) is 5.60 Å². The number of carbonyl (C=O) groups is 1. The molecule has 3 saturated heterocycles. The average molecular weight is 757 g/mol. The van der Waals surface area contributed by atoms with Crippen molar-refractivity contribution in [2.45, 2.75) is 110 Å². The average Bonchev–Trinajstić information content (AvgIpc) is 3.61. The molecule has 1 unspecified atom stereocenters. The maximum atomic E-state index is 12.3. The first-order valence-electron chi connectivity index (χ1n) is 20.7. The summed E-state index contributed by atoms with van der Waals surface area (Å²) in [5.41, 5.74) is 8.63. The van der Waals surface area contributed by atoms with Crippen LogP contribution in [0, 0.1) is 18.3 Å². The summed E-state index contributed by atoms with van der Waals surface area (Å²) in [5.74, 6) is 1.80. The lowest BCUT2D eigenvalue weighted by molar-refractivity contribution is -0.111. The van der Waals surface area contributed by atoms with E-state index in [0.717, 1.165) is 82.4 Å². The largest absolute Gasteiger partial charge is 0.372 e. The molecule has 300 valence electrons. The van der Waals surface area contributed by atoms with Crippen LogP contribution in [0.3, 0.4) is 0 Å². The van der Waals surface area contributed by atoms with Crippen LogP contribution < -0.4 is 4.90 Å². The number of alkyl halides is 1. The molecule has 4 aliphatic heterocycles. The topological polar surface area (TPSA) is 90.8 Å². The summed E-state index contributed by atoms with van der Waals surface area (Å²) in [6.45, 7) is 19.9. The number of hydrogen-bond acceptors (Lipinski definition) is 10. The zero-order valence-corrected chi connectivity index (χ0v) is 34.4. The number of rotatable bonds is 12. The monoisotopic (exact) mass is 757 g/mol. The van der Waals surface area contributed by atoms with Gasteiger partial charge >= 0.3 is 0 Å². The molecular formula is C44H65FN8O2. The molecule has 0 N–H and O–H groups in total. The Morgan fingerprint density at radius 1 is 1.04 bits per heavy atom. The van der Waals surface area contributed by atoms with E-state index in [0.29, 0.717) is 18.0 Å². The maximum Gasteiger partial charge on any atom is 0.154 e. The van der Waals surface area contributed by atoms with Crippen LogP contribution in [-0.2, 0) is 35.3 Å². The Labute approximate surface area is 329 Å². The highest BCUT2D eigenvalue weighted by Crippen LogP contribution is 2.54. The van der Waals surface area contributed by atoms with Crippen molar-refractivity contribution in [2.24, 2.45) is 11.3 Å². The van der Waals surface area contributed by atoms with Crippen molar-refractivity contribution in [3.05, 3.63) is 76.5 Å². The van der Waals surface area contributed by atoms with Crippen LogP contribution >= 0.6 is 0 Å². The van der Waals surface area contributed by atoms with Crippen molar-refractivity contribution in [1.29, 1.82) is 0 Å². The molecular weight excluding hydrogens is 692 g/mol. The standard InChI is InChI=1S/C35H45N7O.C7H16FN.C2H4O/c1-26-4-6-27(7-5-26)17-32-33(37-25-38-39-32)42-21-34(22-42)18-28(19-34)16-29-8-11-36-31-9-14-40(20-30(29)31)12-3-13-41-23-35(24-41)10-2-15-43-35;1-6(2)9(4)5-7(3)8;1-2-3/h4-8,11,25,28H,2-3,9-10,12-24H2,1H3;6-7H,5H2,1-4H3;2H,1H3. The summed E-state index contributed by atoms with van der Waals surface area (Å²) in [5, 5.41) is 8.60. The molecule has 5 aliphatic rings. The highest BCUT2D eigenvalue weighted by Gasteiger charge is 2.53. The Bertz CT molecular complexity index is 1660. The second-order valence-corrected chi connectivity index (χ2v) is 17.4. The van der Waals surface area contributed by atoms with Gasteiger partial charge in [0.15, 0.2) is 5.82 Å². The zero-order valence-electron chi connectivity index (χ0n) is 34.4. The van der Waals surface area contributed by atoms with Crippen LogP contribution in [-0.4, -0.2) is 125 Å². The Hall–Kier alpha value is -3.38. The number of nitrogens with zero attached hydrogens (tertiary/aromatic N) is 8. The minimum absolute atomic E-state index is 0.222. The highest BCUT2D eigenvalue weighted by atomic mass is 19.1. The number of benzene rings is 1. The third-order valence-corrected chi connectivity index (χ3v) is 12.3. The Morgan fingerprint density at radius 3 is 2.42 bits per heavy atom. The highest BCUT2D eigenvalue weighted by molar-refractivity contribution is 5.49. The molecule has 4 fully saturated rings. The van der Waals surface area contributed by atoms with Crippen molar-refractivity contribution in [3.8, 4) is 0 Å². The summed E-state index contributed by atoms with van der Waals surface area (Å²) in [6.07, 6.45) is 13.2. The summed E-state index contributed by atoms with van der Waals surface area (Å²) in [4.78, 5) is 28.0. The molecule has 2 spiro atoms. The summed E-state index contributed by atoms with van der Waals surface area (Å²) in [6, 6.07) is 11.5. The molecule has 0 bridgehead atoms. The molecule has 11 heteroatoms. The molecule has 55 heavy (non-hydrogen) atoms. The number of hydrogen-bond donors (Lipinski definition) is 0. The normalized spacial score (nSPS) is 20.5. The van der Waals surface area contributed by atoms with Crippen molar-refractivity contribution in [1.82, 2.24) is 34.9 Å². The fraction of sp³-hybridized carbons (Fsp3) is 0.659. The fourth-order valence-electron chi connectivity index (χ4n) is 9.36. The van der Waals surface area contributed by atoms with Crippen LogP contribution in [0.25, 0.3) is 0 Å². The van der Waals surface area contributed by atoms with Crippen LogP contribution in [0.5, 0.6) is 0 Å². The Kier molecular flexibility index (Phi) is 14.0. The van der Waals surface area contributed by atoms with Gasteiger partial charge in [-0.25, -0.2) is 9.37 Å². The Morgan fingerprint density at radius 2 is 1.76 bits per heavy atom. The number of fused-ring (bicyclic) bond motifs is 1. The van der Waals surface area contributed by atoms with E-state index in [9.17, 15) is 4.39 Å². The number of ether oxygens (including phenoxy) is 1. The first-order valence-corrected chi connectivity index (χ1v) is 20.7. The van der Waals surface area contributed by atoms with Crippen molar-refractivity contribution in [3.63, 3.8) is 0 Å². The molecule has 1 aliphatic carbocycles. The second kappa shape index (κ2) is 18.7. The fourth-order valence-corrected chi connectivity index (χ4v) is 9.36. The number of aldehydes is 1. The number of likely N-dealkylation sites (tertiary alicyclic amines) is 1. The summed E-state index contributed by atoms with van der Waals surface area (Å²) in [7, 11) is 1.93. The van der Waals surface area contributed by atoms with E-state index in [1.54, 1.807) is 18.8 Å². The Balaban J connectivity index is 0.000000375. The molecule has 1 aromatic carbocycles. The van der Waals surface area contributed by atoms with Crippen molar-refractivity contribution in [2.75, 3.05) is 70.9 Å². The third kappa shape index (κ3) is 10.7. The first-order chi connectivity index (χ1) is 26.5. The minimum atomic E-state index is -0.711. The number of aromatic nitrogens is 4. The summed E-state index contributed by atoms with van der Waals surface area (Å²) >= 11 is 0. The molecule has 1 atom stereocenters. The van der Waals surface area contributed by atoms with Crippen LogP contribution in [0.4, 0.5) is 10.2 Å². The van der Waals surface area contributed by atoms with Gasteiger partial charge in [-0.05, 0) is 122 Å². The van der Waals surface area contributed by atoms with E-state index in [4.69, 9.17) is 14.5 Å². The molecule has 0 amide bonds. The van der Waals surface area contributed by atoms with Gasteiger partial charge in [0.2, 0.25) is 0 Å². The molecule has 1 saturated carbocycles. The molecule has 10 nitrogen and oxygen atoms in total. The predicted molar refractivity (Wildman–Crippen MR) is 217 cm³/mol. The van der Waals surface area contributed by atoms with Gasteiger partial charge in [0, 0.05) is 88.6 Å².